The van der Waals surface area contributed by atoms with E-state index < -0.39 is 0 Å². The molecule has 2 nitrogen and oxygen atoms in total. The summed E-state index contributed by atoms with van der Waals surface area (Å²) >= 11 is 0. The number of benzene rings is 1. The number of methoxy groups -OCH3 is 1. The molecule has 0 amide bonds. The first kappa shape index (κ1) is 26.0. The van der Waals surface area contributed by atoms with E-state index in [-0.39, 0.29) is 27.3 Å². The third-order valence-corrected chi connectivity index (χ3v) is 5.31. The van der Waals surface area contributed by atoms with Crippen LogP contribution in [0.3, 0.4) is 0 Å². The van der Waals surface area contributed by atoms with Gasteiger partial charge in [-0.05, 0) is 60.0 Å². The largest absolute Gasteiger partial charge is 0.485 e. The maximum atomic E-state index is 6.52. The minimum atomic E-state index is -0.371. The predicted molar refractivity (Wildman–Crippen MR) is 127 cm³/mol. The van der Waals surface area contributed by atoms with E-state index in [0.29, 0.717) is 6.61 Å². The Hall–Kier alpha value is -1.02. The smallest absolute Gasteiger partial charge is 0.127 e. The van der Waals surface area contributed by atoms with Crippen LogP contribution in [-0.4, -0.2) is 19.3 Å². The second-order valence-electron chi connectivity index (χ2n) is 13.2. The highest BCUT2D eigenvalue weighted by molar-refractivity contribution is 5.44. The molecule has 0 atom stereocenters. The molecule has 1 aromatic carbocycles. The summed E-state index contributed by atoms with van der Waals surface area (Å²) < 4.78 is 11.9. The number of rotatable bonds is 8. The Kier molecular flexibility index (Phi) is 7.73. The summed E-state index contributed by atoms with van der Waals surface area (Å²) in [7, 11) is 1.73. The zero-order chi connectivity index (χ0) is 22.9. The number of ether oxygens (including phenoxy) is 2. The van der Waals surface area contributed by atoms with Gasteiger partial charge in [0.25, 0.3) is 0 Å². The van der Waals surface area contributed by atoms with Gasteiger partial charge in [0.1, 0.15) is 11.4 Å². The minimum absolute atomic E-state index is 0.00452. The summed E-state index contributed by atoms with van der Waals surface area (Å²) in [5.74, 6) is 0.983. The predicted octanol–water partition coefficient (Wildman–Crippen LogP) is 7.92. The fourth-order valence-corrected chi connectivity index (χ4v) is 5.09. The molecule has 0 fully saturated rings. The van der Waals surface area contributed by atoms with Crippen molar-refractivity contribution in [2.24, 2.45) is 10.8 Å². The minimum Gasteiger partial charge on any atom is -0.485 e. The summed E-state index contributed by atoms with van der Waals surface area (Å²) in [6.07, 6.45) is 2.22. The van der Waals surface area contributed by atoms with Gasteiger partial charge in [-0.3, -0.25) is 0 Å². The molecule has 0 aromatic heterocycles. The highest BCUT2D eigenvalue weighted by Crippen LogP contribution is 2.44. The lowest BCUT2D eigenvalue weighted by molar-refractivity contribution is 0.0165. The van der Waals surface area contributed by atoms with Crippen LogP contribution in [0, 0.1) is 10.8 Å². The average molecular weight is 405 g/mol. The lowest BCUT2D eigenvalue weighted by Gasteiger charge is -2.38. The normalized spacial score (nSPS) is 14.2. The monoisotopic (exact) mass is 404 g/mol. The highest BCUT2D eigenvalue weighted by atomic mass is 16.5. The Labute approximate surface area is 181 Å². The first-order valence-corrected chi connectivity index (χ1v) is 11.1. The second kappa shape index (κ2) is 8.61. The summed E-state index contributed by atoms with van der Waals surface area (Å²) in [4.78, 5) is 0. The van der Waals surface area contributed by atoms with Crippen LogP contribution in [0.25, 0.3) is 0 Å². The molecule has 0 bridgehead atoms. The van der Waals surface area contributed by atoms with Crippen LogP contribution in [0.4, 0.5) is 0 Å². The van der Waals surface area contributed by atoms with Crippen molar-refractivity contribution >= 4 is 0 Å². The van der Waals surface area contributed by atoms with Crippen LogP contribution >= 0.6 is 0 Å². The van der Waals surface area contributed by atoms with Crippen LogP contribution in [0.1, 0.15) is 107 Å². The van der Waals surface area contributed by atoms with Crippen molar-refractivity contribution in [3.8, 4) is 5.75 Å². The highest BCUT2D eigenvalue weighted by Gasteiger charge is 2.34. The third-order valence-electron chi connectivity index (χ3n) is 5.31. The quantitative estimate of drug-likeness (QED) is 0.438. The molecule has 0 aliphatic heterocycles. The molecule has 0 aliphatic rings. The van der Waals surface area contributed by atoms with E-state index in [1.54, 1.807) is 7.11 Å². The van der Waals surface area contributed by atoms with Gasteiger partial charge < -0.3 is 9.47 Å². The van der Waals surface area contributed by atoms with Crippen LogP contribution < -0.4 is 4.74 Å². The Morgan fingerprint density at radius 2 is 1.17 bits per heavy atom. The SMILES string of the molecule is COCC(C)(C)Oc1ccc(C(C)(C)CC(C)(C)C)cc1C(C)(C)CC(C)(C)C. The van der Waals surface area contributed by atoms with Gasteiger partial charge in [-0.1, -0.05) is 81.4 Å². The zero-order valence-corrected chi connectivity index (χ0v) is 21.7. The van der Waals surface area contributed by atoms with E-state index in [1.165, 1.54) is 11.1 Å². The number of hydrogen-bond acceptors (Lipinski definition) is 2. The Bertz CT molecular complexity index is 667. The average Bonchev–Trinajstić information content (AvgIpc) is 2.41. The molecular formula is C27H48O2. The van der Waals surface area contributed by atoms with E-state index in [9.17, 15) is 0 Å². The second-order valence-corrected chi connectivity index (χ2v) is 13.2. The summed E-state index contributed by atoms with van der Waals surface area (Å²) in [6, 6.07) is 6.87. The fourth-order valence-electron chi connectivity index (χ4n) is 5.09. The molecule has 0 radical (unpaired) electrons. The molecule has 2 heteroatoms. The van der Waals surface area contributed by atoms with Gasteiger partial charge >= 0.3 is 0 Å². The van der Waals surface area contributed by atoms with Crippen molar-refractivity contribution in [3.63, 3.8) is 0 Å². The van der Waals surface area contributed by atoms with Crippen LogP contribution in [-0.2, 0) is 15.6 Å². The lowest BCUT2D eigenvalue weighted by Crippen LogP contribution is -2.35. The maximum absolute atomic E-state index is 6.52. The van der Waals surface area contributed by atoms with E-state index in [0.717, 1.165) is 18.6 Å². The van der Waals surface area contributed by atoms with Gasteiger partial charge in [0.15, 0.2) is 0 Å². The van der Waals surface area contributed by atoms with Crippen molar-refractivity contribution in [2.75, 3.05) is 13.7 Å². The fraction of sp³-hybridized carbons (Fsp3) is 0.778. The van der Waals surface area contributed by atoms with Gasteiger partial charge in [0.05, 0.1) is 6.61 Å². The Morgan fingerprint density at radius 1 is 0.690 bits per heavy atom. The van der Waals surface area contributed by atoms with Crippen molar-refractivity contribution in [3.05, 3.63) is 29.3 Å². The molecule has 1 rings (SSSR count). The van der Waals surface area contributed by atoms with Crippen molar-refractivity contribution < 1.29 is 9.47 Å². The first-order valence-electron chi connectivity index (χ1n) is 11.1. The van der Waals surface area contributed by atoms with E-state index in [2.05, 4.69) is 101 Å². The molecule has 1 aromatic rings. The van der Waals surface area contributed by atoms with Crippen LogP contribution in [0.2, 0.25) is 0 Å². The molecule has 0 spiro atoms. The lowest BCUT2D eigenvalue weighted by atomic mass is 9.68. The van der Waals surface area contributed by atoms with Gasteiger partial charge in [-0.2, -0.15) is 0 Å². The zero-order valence-electron chi connectivity index (χ0n) is 21.7. The summed E-state index contributed by atoms with van der Waals surface area (Å²) in [5, 5.41) is 0. The van der Waals surface area contributed by atoms with Crippen molar-refractivity contribution in [1.29, 1.82) is 0 Å². The van der Waals surface area contributed by atoms with Gasteiger partial charge in [0.2, 0.25) is 0 Å². The third kappa shape index (κ3) is 8.32. The maximum Gasteiger partial charge on any atom is 0.127 e. The molecule has 0 saturated heterocycles. The van der Waals surface area contributed by atoms with Crippen molar-refractivity contribution in [1.82, 2.24) is 0 Å². The molecule has 168 valence electrons. The Balaban J connectivity index is 3.51. The summed E-state index contributed by atoms with van der Waals surface area (Å²) in [5.41, 5.74) is 2.94. The topological polar surface area (TPSA) is 18.5 Å². The molecule has 0 N–H and O–H groups in total. The molecule has 0 heterocycles. The van der Waals surface area contributed by atoms with Crippen molar-refractivity contribution in [2.45, 2.75) is 112 Å². The molecule has 29 heavy (non-hydrogen) atoms. The number of hydrogen-bond donors (Lipinski definition) is 0. The van der Waals surface area contributed by atoms with Crippen LogP contribution in [0.15, 0.2) is 18.2 Å². The first-order chi connectivity index (χ1) is 12.8. The Morgan fingerprint density at radius 3 is 1.62 bits per heavy atom. The van der Waals surface area contributed by atoms with Crippen LogP contribution in [0.5, 0.6) is 5.75 Å². The van der Waals surface area contributed by atoms with E-state index >= 15 is 0 Å². The molecule has 0 aliphatic carbocycles. The van der Waals surface area contributed by atoms with Gasteiger partial charge in [-0.25, -0.2) is 0 Å². The van der Waals surface area contributed by atoms with Gasteiger partial charge in [-0.15, -0.1) is 0 Å². The molecule has 0 saturated carbocycles. The standard InChI is InChI=1S/C27H48O2/c1-23(2,3)17-25(7,8)20-14-15-22(29-27(11,12)19-28-13)21(16-20)26(9,10)18-24(4,5)6/h14-16H,17-19H2,1-13H3. The van der Waals surface area contributed by atoms with E-state index in [1.807, 2.05) is 0 Å². The molecular weight excluding hydrogens is 356 g/mol. The molecule has 0 unspecified atom stereocenters. The summed E-state index contributed by atoms with van der Waals surface area (Å²) in [6.45, 7) is 28.1. The van der Waals surface area contributed by atoms with E-state index in [4.69, 9.17) is 9.47 Å². The van der Waals surface area contributed by atoms with Gasteiger partial charge in [0, 0.05) is 12.7 Å².